The van der Waals surface area contributed by atoms with Gasteiger partial charge in [0.1, 0.15) is 5.82 Å². The lowest BCUT2D eigenvalue weighted by molar-refractivity contribution is 0.776. The fraction of sp³-hybridized carbons (Fsp3) is 0.188. The Morgan fingerprint density at radius 2 is 2.00 bits per heavy atom. The number of hydrogen-bond acceptors (Lipinski definition) is 1. The van der Waals surface area contributed by atoms with Crippen molar-refractivity contribution in [2.75, 3.05) is 0 Å². The Hall–Kier alpha value is -1.32. The highest BCUT2D eigenvalue weighted by atomic mass is 79.9. The highest BCUT2D eigenvalue weighted by Crippen LogP contribution is 2.23. The second-order valence-corrected chi connectivity index (χ2v) is 5.95. The molecule has 0 unspecified atom stereocenters. The van der Waals surface area contributed by atoms with Crippen LogP contribution in [0.5, 0.6) is 0 Å². The molecule has 0 atom stereocenters. The van der Waals surface area contributed by atoms with Crippen LogP contribution in [0.2, 0.25) is 0 Å². The zero-order valence-corrected chi connectivity index (χ0v) is 13.4. The van der Waals surface area contributed by atoms with Gasteiger partial charge in [-0.2, -0.15) is 0 Å². The zero-order chi connectivity index (χ0) is 14.1. The Bertz CT molecular complexity index is 764. The van der Waals surface area contributed by atoms with Crippen LogP contribution in [0.15, 0.2) is 46.9 Å². The van der Waals surface area contributed by atoms with E-state index in [4.69, 9.17) is 11.6 Å². The van der Waals surface area contributed by atoms with E-state index in [-0.39, 0.29) is 0 Å². The van der Waals surface area contributed by atoms with Gasteiger partial charge < -0.3 is 4.57 Å². The molecule has 1 aromatic heterocycles. The maximum Gasteiger partial charge on any atom is 0.125 e. The molecule has 102 valence electrons. The number of halogens is 2. The Labute approximate surface area is 131 Å². The monoisotopic (exact) mass is 348 g/mol. The lowest BCUT2D eigenvalue weighted by Crippen LogP contribution is -2.04. The summed E-state index contributed by atoms with van der Waals surface area (Å²) in [7, 11) is 0. The summed E-state index contributed by atoms with van der Waals surface area (Å²) < 4.78 is 3.30. The van der Waals surface area contributed by atoms with E-state index >= 15 is 0 Å². The van der Waals surface area contributed by atoms with Crippen molar-refractivity contribution in [2.24, 2.45) is 0 Å². The van der Waals surface area contributed by atoms with Gasteiger partial charge in [0.25, 0.3) is 0 Å². The molecule has 4 heteroatoms. The summed E-state index contributed by atoms with van der Waals surface area (Å²) in [4.78, 5) is 4.61. The summed E-state index contributed by atoms with van der Waals surface area (Å²) in [6.45, 7) is 2.86. The number of imidazole rings is 1. The minimum absolute atomic E-state index is 0.415. The molecule has 0 amide bonds. The van der Waals surface area contributed by atoms with Crippen LogP contribution < -0.4 is 0 Å². The van der Waals surface area contributed by atoms with Crippen LogP contribution in [0, 0.1) is 6.92 Å². The lowest BCUT2D eigenvalue weighted by Gasteiger charge is -2.10. The van der Waals surface area contributed by atoms with E-state index in [1.54, 1.807) is 0 Å². The van der Waals surface area contributed by atoms with Crippen molar-refractivity contribution in [3.8, 4) is 0 Å². The van der Waals surface area contributed by atoms with Gasteiger partial charge in [-0.3, -0.25) is 0 Å². The summed E-state index contributed by atoms with van der Waals surface area (Å²) in [5, 5.41) is 0. The van der Waals surface area contributed by atoms with E-state index in [1.807, 2.05) is 12.1 Å². The number of benzene rings is 2. The van der Waals surface area contributed by atoms with Crippen molar-refractivity contribution < 1.29 is 0 Å². The smallest absolute Gasteiger partial charge is 0.125 e. The zero-order valence-electron chi connectivity index (χ0n) is 11.1. The number of aryl methyl sites for hydroxylation is 1. The standard InChI is InChI=1S/C16H14BrClN2/c1-11-6-7-14-15(8-11)20(16(9-18)19-14)10-12-4-2-3-5-13(12)17/h2-8H,9-10H2,1H3. The second kappa shape index (κ2) is 5.58. The van der Waals surface area contributed by atoms with Crippen molar-refractivity contribution in [1.29, 1.82) is 0 Å². The van der Waals surface area contributed by atoms with Crippen LogP contribution >= 0.6 is 27.5 Å². The van der Waals surface area contributed by atoms with E-state index in [0.29, 0.717) is 5.88 Å². The number of rotatable bonds is 3. The van der Waals surface area contributed by atoms with E-state index in [2.05, 4.69) is 62.7 Å². The molecule has 20 heavy (non-hydrogen) atoms. The van der Waals surface area contributed by atoms with Crippen LogP contribution in [0.1, 0.15) is 17.0 Å². The van der Waals surface area contributed by atoms with Gasteiger partial charge in [-0.15, -0.1) is 11.6 Å². The van der Waals surface area contributed by atoms with E-state index in [9.17, 15) is 0 Å². The molecule has 2 nitrogen and oxygen atoms in total. The third-order valence-electron chi connectivity index (χ3n) is 3.39. The van der Waals surface area contributed by atoms with Gasteiger partial charge >= 0.3 is 0 Å². The third kappa shape index (κ3) is 2.48. The first-order valence-corrected chi connectivity index (χ1v) is 7.77. The SMILES string of the molecule is Cc1ccc2nc(CCl)n(Cc3ccccc3Br)c2c1. The summed E-state index contributed by atoms with van der Waals surface area (Å²) in [5.41, 5.74) is 4.58. The molecule has 1 heterocycles. The van der Waals surface area contributed by atoms with Crippen LogP contribution in [0.25, 0.3) is 11.0 Å². The Morgan fingerprint density at radius 1 is 1.20 bits per heavy atom. The molecule has 0 saturated heterocycles. The Balaban J connectivity index is 2.14. The van der Waals surface area contributed by atoms with Gasteiger partial charge in [-0.05, 0) is 36.2 Å². The molecule has 0 spiro atoms. The normalized spacial score (nSPS) is 11.2. The molecule has 0 fully saturated rings. The predicted molar refractivity (Wildman–Crippen MR) is 87.3 cm³/mol. The molecular formula is C16H14BrClN2. The molecule has 0 aliphatic rings. The van der Waals surface area contributed by atoms with Crippen molar-refractivity contribution in [3.63, 3.8) is 0 Å². The predicted octanol–water partition coefficient (Wildman–Crippen LogP) is 4.89. The van der Waals surface area contributed by atoms with Crippen molar-refractivity contribution >= 4 is 38.6 Å². The maximum absolute atomic E-state index is 6.05. The number of alkyl halides is 1. The van der Waals surface area contributed by atoms with Crippen LogP contribution in [0.3, 0.4) is 0 Å². The highest BCUT2D eigenvalue weighted by molar-refractivity contribution is 9.10. The fourth-order valence-corrected chi connectivity index (χ4v) is 2.97. The van der Waals surface area contributed by atoms with Crippen LogP contribution in [-0.4, -0.2) is 9.55 Å². The molecule has 0 aliphatic heterocycles. The van der Waals surface area contributed by atoms with Crippen LogP contribution in [-0.2, 0) is 12.4 Å². The first-order valence-electron chi connectivity index (χ1n) is 6.44. The highest BCUT2D eigenvalue weighted by Gasteiger charge is 2.11. The first kappa shape index (κ1) is 13.7. The van der Waals surface area contributed by atoms with Gasteiger partial charge in [0.2, 0.25) is 0 Å². The average Bonchev–Trinajstić information content (AvgIpc) is 2.79. The van der Waals surface area contributed by atoms with E-state index < -0.39 is 0 Å². The molecular weight excluding hydrogens is 336 g/mol. The molecule has 0 bridgehead atoms. The second-order valence-electron chi connectivity index (χ2n) is 4.83. The van der Waals surface area contributed by atoms with Crippen molar-refractivity contribution in [3.05, 3.63) is 63.9 Å². The quantitative estimate of drug-likeness (QED) is 0.615. The third-order valence-corrected chi connectivity index (χ3v) is 4.40. The van der Waals surface area contributed by atoms with Gasteiger partial charge in [0.05, 0.1) is 23.5 Å². The van der Waals surface area contributed by atoms with Gasteiger partial charge in [-0.1, -0.05) is 40.2 Å². The van der Waals surface area contributed by atoms with Crippen molar-refractivity contribution in [2.45, 2.75) is 19.3 Å². The molecule has 3 aromatic rings. The van der Waals surface area contributed by atoms with E-state index in [0.717, 1.165) is 27.9 Å². The largest absolute Gasteiger partial charge is 0.322 e. The molecule has 0 radical (unpaired) electrons. The number of hydrogen-bond donors (Lipinski definition) is 0. The molecule has 0 aliphatic carbocycles. The van der Waals surface area contributed by atoms with Gasteiger partial charge in [0, 0.05) is 4.47 Å². The summed E-state index contributed by atoms with van der Waals surface area (Å²) in [6.07, 6.45) is 0. The summed E-state index contributed by atoms with van der Waals surface area (Å²) >= 11 is 9.65. The number of nitrogens with zero attached hydrogens (tertiary/aromatic N) is 2. The number of fused-ring (bicyclic) bond motifs is 1. The maximum atomic E-state index is 6.05. The topological polar surface area (TPSA) is 17.8 Å². The van der Waals surface area contributed by atoms with Gasteiger partial charge in [0.15, 0.2) is 0 Å². The van der Waals surface area contributed by atoms with Crippen molar-refractivity contribution in [1.82, 2.24) is 9.55 Å². The molecule has 0 saturated carbocycles. The first-order chi connectivity index (χ1) is 9.69. The van der Waals surface area contributed by atoms with E-state index in [1.165, 1.54) is 11.1 Å². The lowest BCUT2D eigenvalue weighted by atomic mass is 10.2. The molecule has 0 N–H and O–H groups in total. The summed E-state index contributed by atoms with van der Waals surface area (Å²) in [5.74, 6) is 1.32. The summed E-state index contributed by atoms with van der Waals surface area (Å²) in [6, 6.07) is 14.5. The number of aromatic nitrogens is 2. The van der Waals surface area contributed by atoms with Gasteiger partial charge in [-0.25, -0.2) is 4.98 Å². The Kier molecular flexibility index (Phi) is 3.81. The molecule has 3 rings (SSSR count). The Morgan fingerprint density at radius 3 is 2.75 bits per heavy atom. The fourth-order valence-electron chi connectivity index (χ4n) is 2.36. The van der Waals surface area contributed by atoms with Crippen LogP contribution in [0.4, 0.5) is 0 Å². The minimum atomic E-state index is 0.415. The minimum Gasteiger partial charge on any atom is -0.322 e. The molecule has 2 aromatic carbocycles. The average molecular weight is 350 g/mol.